The second-order valence-electron chi connectivity index (χ2n) is 7.25. The first kappa shape index (κ1) is 24.9. The molecule has 1 atom stereocenters. The molecule has 1 amide bonds. The van der Waals surface area contributed by atoms with Crippen molar-refractivity contribution < 1.29 is 19.1 Å². The number of carbonyl (C=O) groups is 2. The summed E-state index contributed by atoms with van der Waals surface area (Å²) in [5, 5.41) is 6.28. The highest BCUT2D eigenvalue weighted by Crippen LogP contribution is 2.35. The molecular weight excluding hydrogens is 504 g/mol. The molecule has 6 nitrogen and oxygen atoms in total. The summed E-state index contributed by atoms with van der Waals surface area (Å²) in [4.78, 5) is 24.8. The van der Waals surface area contributed by atoms with Crippen molar-refractivity contribution in [3.8, 4) is 5.75 Å². The molecule has 1 aliphatic rings. The van der Waals surface area contributed by atoms with Crippen LogP contribution in [-0.2, 0) is 27.2 Å². The van der Waals surface area contributed by atoms with E-state index in [1.807, 2.05) is 30.3 Å². The van der Waals surface area contributed by atoms with E-state index in [2.05, 4.69) is 52.2 Å². The molecule has 8 heteroatoms. The average Bonchev–Trinajstić information content (AvgIpc) is 3.12. The second kappa shape index (κ2) is 12.0. The van der Waals surface area contributed by atoms with Gasteiger partial charge in [0.1, 0.15) is 5.75 Å². The number of rotatable bonds is 10. The number of benzene rings is 2. The highest BCUT2D eigenvalue weighted by atomic mass is 79.9. The van der Waals surface area contributed by atoms with E-state index in [1.54, 1.807) is 13.0 Å². The van der Waals surface area contributed by atoms with Gasteiger partial charge in [0, 0.05) is 5.69 Å². The van der Waals surface area contributed by atoms with Crippen molar-refractivity contribution >= 4 is 51.3 Å². The normalized spacial score (nSPS) is 16.4. The minimum absolute atomic E-state index is 0.133. The van der Waals surface area contributed by atoms with E-state index in [9.17, 15) is 9.59 Å². The Bertz CT molecular complexity index is 1050. The fourth-order valence-electron chi connectivity index (χ4n) is 3.26. The maximum absolute atomic E-state index is 12.5. The third-order valence-electron chi connectivity index (χ3n) is 4.84. The van der Waals surface area contributed by atoms with Crippen LogP contribution in [-0.4, -0.2) is 30.6 Å². The highest BCUT2D eigenvalue weighted by molar-refractivity contribution is 9.10. The van der Waals surface area contributed by atoms with Crippen LogP contribution in [0.5, 0.6) is 5.75 Å². The van der Waals surface area contributed by atoms with Gasteiger partial charge in [-0.2, -0.15) is 0 Å². The van der Waals surface area contributed by atoms with Gasteiger partial charge in [0.05, 0.1) is 16.0 Å². The van der Waals surface area contributed by atoms with Crippen LogP contribution in [0.1, 0.15) is 30.5 Å². The van der Waals surface area contributed by atoms with Crippen LogP contribution >= 0.6 is 27.7 Å². The minimum atomic E-state index is -0.429. The standard InChI is InChI=1S/C25H27BrN2O4S/c1-4-7-18-12-17(13-20(26)23(18)32-15-22(29)31-6-3)14-21-24(30)28-25(33-21)27-19-10-8-16(5-2)9-11-19/h4,8-14,25,27H,1,5-7,15H2,2-3H3,(H,28,30)/b21-14-/t25-/m0/s1. The summed E-state index contributed by atoms with van der Waals surface area (Å²) in [7, 11) is 0. The molecule has 174 valence electrons. The molecule has 2 aromatic rings. The van der Waals surface area contributed by atoms with Gasteiger partial charge in [-0.3, -0.25) is 4.79 Å². The van der Waals surface area contributed by atoms with Crippen molar-refractivity contribution in [2.24, 2.45) is 0 Å². The molecule has 0 aromatic heterocycles. The fourth-order valence-corrected chi connectivity index (χ4v) is 4.88. The van der Waals surface area contributed by atoms with Gasteiger partial charge in [0.15, 0.2) is 12.1 Å². The van der Waals surface area contributed by atoms with Gasteiger partial charge in [0.2, 0.25) is 0 Å². The van der Waals surface area contributed by atoms with E-state index in [-0.39, 0.29) is 18.0 Å². The van der Waals surface area contributed by atoms with E-state index in [0.29, 0.717) is 28.2 Å². The summed E-state index contributed by atoms with van der Waals surface area (Å²) in [5.74, 6) is -0.00235. The SMILES string of the molecule is C=CCc1cc(/C=C2\S[C@@H](Nc3ccc(CC)cc3)NC2=O)cc(Br)c1OCC(=O)OCC. The van der Waals surface area contributed by atoms with Crippen LogP contribution in [0, 0.1) is 0 Å². The first-order valence-corrected chi connectivity index (χ1v) is 12.4. The smallest absolute Gasteiger partial charge is 0.344 e. The molecule has 0 aliphatic carbocycles. The monoisotopic (exact) mass is 530 g/mol. The lowest BCUT2D eigenvalue weighted by molar-refractivity contribution is -0.145. The summed E-state index contributed by atoms with van der Waals surface area (Å²) >= 11 is 4.96. The molecular formula is C25H27BrN2O4S. The Morgan fingerprint density at radius 3 is 2.70 bits per heavy atom. The quantitative estimate of drug-likeness (QED) is 0.247. The van der Waals surface area contributed by atoms with Gasteiger partial charge in [-0.1, -0.05) is 36.9 Å². The third kappa shape index (κ3) is 6.88. The van der Waals surface area contributed by atoms with Gasteiger partial charge in [-0.05, 0) is 82.7 Å². The first-order valence-electron chi connectivity index (χ1n) is 10.7. The lowest BCUT2D eigenvalue weighted by Crippen LogP contribution is -2.30. The number of esters is 1. The highest BCUT2D eigenvalue weighted by Gasteiger charge is 2.27. The average molecular weight is 531 g/mol. The number of nitrogens with one attached hydrogen (secondary N) is 2. The Morgan fingerprint density at radius 2 is 2.03 bits per heavy atom. The number of carbonyl (C=O) groups excluding carboxylic acids is 2. The number of aryl methyl sites for hydroxylation is 1. The van der Waals surface area contributed by atoms with Crippen LogP contribution in [0.25, 0.3) is 6.08 Å². The molecule has 0 spiro atoms. The second-order valence-corrected chi connectivity index (χ2v) is 9.25. The molecule has 1 fully saturated rings. The Balaban J connectivity index is 1.74. The summed E-state index contributed by atoms with van der Waals surface area (Å²) in [6, 6.07) is 12.0. The lowest BCUT2D eigenvalue weighted by Gasteiger charge is -2.14. The largest absolute Gasteiger partial charge is 0.480 e. The summed E-state index contributed by atoms with van der Waals surface area (Å²) in [6.07, 6.45) is 5.13. The third-order valence-corrected chi connectivity index (χ3v) is 6.45. The number of halogens is 1. The molecule has 0 radical (unpaired) electrons. The van der Waals surface area contributed by atoms with Crippen LogP contribution in [0.15, 0.2) is 58.4 Å². The summed E-state index contributed by atoms with van der Waals surface area (Å²) < 4.78 is 11.3. The van der Waals surface area contributed by atoms with Crippen molar-refractivity contribution in [2.75, 3.05) is 18.5 Å². The van der Waals surface area contributed by atoms with Crippen molar-refractivity contribution in [3.05, 3.63) is 75.1 Å². The fraction of sp³-hybridized carbons (Fsp3) is 0.280. The number of allylic oxidation sites excluding steroid dienone is 1. The zero-order valence-electron chi connectivity index (χ0n) is 18.7. The molecule has 0 saturated carbocycles. The van der Waals surface area contributed by atoms with Crippen LogP contribution in [0.2, 0.25) is 0 Å². The van der Waals surface area contributed by atoms with Crippen molar-refractivity contribution in [1.29, 1.82) is 0 Å². The number of thioether (sulfide) groups is 1. The Labute approximate surface area is 206 Å². The maximum Gasteiger partial charge on any atom is 0.344 e. The molecule has 2 aromatic carbocycles. The molecule has 1 aliphatic heterocycles. The molecule has 0 unspecified atom stereocenters. The number of ether oxygens (including phenoxy) is 2. The van der Waals surface area contributed by atoms with E-state index in [0.717, 1.165) is 23.2 Å². The van der Waals surface area contributed by atoms with Crippen LogP contribution in [0.4, 0.5) is 5.69 Å². The van der Waals surface area contributed by atoms with E-state index >= 15 is 0 Å². The first-order chi connectivity index (χ1) is 15.9. The van der Waals surface area contributed by atoms with Gasteiger partial charge < -0.3 is 20.1 Å². The molecule has 3 rings (SSSR count). The molecule has 1 heterocycles. The Hall–Kier alpha value is -2.71. The number of amides is 1. The van der Waals surface area contributed by atoms with E-state index in [4.69, 9.17) is 9.47 Å². The van der Waals surface area contributed by atoms with Gasteiger partial charge in [-0.25, -0.2) is 4.79 Å². The molecule has 1 saturated heterocycles. The van der Waals surface area contributed by atoms with E-state index < -0.39 is 5.97 Å². The van der Waals surface area contributed by atoms with Crippen molar-refractivity contribution in [3.63, 3.8) is 0 Å². The lowest BCUT2D eigenvalue weighted by atomic mass is 10.1. The molecule has 0 bridgehead atoms. The predicted molar refractivity (Wildman–Crippen MR) is 137 cm³/mol. The van der Waals surface area contributed by atoms with Crippen molar-refractivity contribution in [1.82, 2.24) is 5.32 Å². The zero-order valence-corrected chi connectivity index (χ0v) is 21.1. The molecule has 2 N–H and O–H groups in total. The Kier molecular flexibility index (Phi) is 9.03. The van der Waals surface area contributed by atoms with Gasteiger partial charge >= 0.3 is 5.97 Å². The number of hydrogen-bond acceptors (Lipinski definition) is 6. The zero-order chi connectivity index (χ0) is 23.8. The Morgan fingerprint density at radius 1 is 1.27 bits per heavy atom. The van der Waals surface area contributed by atoms with Gasteiger partial charge in [-0.15, -0.1) is 6.58 Å². The topological polar surface area (TPSA) is 76.7 Å². The maximum atomic E-state index is 12.5. The minimum Gasteiger partial charge on any atom is -0.480 e. The number of anilines is 1. The van der Waals surface area contributed by atoms with E-state index in [1.165, 1.54) is 17.3 Å². The summed E-state index contributed by atoms with van der Waals surface area (Å²) in [6.45, 7) is 7.79. The van der Waals surface area contributed by atoms with Crippen LogP contribution < -0.4 is 15.4 Å². The predicted octanol–water partition coefficient (Wildman–Crippen LogP) is 5.28. The number of hydrogen-bond donors (Lipinski definition) is 2. The van der Waals surface area contributed by atoms with Crippen molar-refractivity contribution in [2.45, 2.75) is 32.2 Å². The van der Waals surface area contributed by atoms with Gasteiger partial charge in [0.25, 0.3) is 5.91 Å². The summed E-state index contributed by atoms with van der Waals surface area (Å²) in [5.41, 5.74) is 3.65. The van der Waals surface area contributed by atoms with Crippen LogP contribution in [0.3, 0.4) is 0 Å². The molecule has 33 heavy (non-hydrogen) atoms.